The fraction of sp³-hybridized carbons (Fsp3) is 0.167. The average molecular weight is 374 g/mol. The highest BCUT2D eigenvalue weighted by atomic mass is 32.2. The van der Waals surface area contributed by atoms with Crippen molar-refractivity contribution in [1.29, 1.82) is 0 Å². The van der Waals surface area contributed by atoms with Gasteiger partial charge in [0, 0.05) is 23.5 Å². The van der Waals surface area contributed by atoms with E-state index in [2.05, 4.69) is 15.5 Å². The molecule has 1 aromatic carbocycles. The molecule has 2 aromatic rings. The van der Waals surface area contributed by atoms with Crippen LogP contribution in [0.25, 0.3) is 0 Å². The molecule has 3 N–H and O–H groups in total. The largest absolute Gasteiger partial charge is 0.383 e. The van der Waals surface area contributed by atoms with E-state index in [0.717, 1.165) is 18.6 Å². The van der Waals surface area contributed by atoms with Gasteiger partial charge in [-0.3, -0.25) is 5.43 Å². The molecule has 0 atom stereocenters. The van der Waals surface area contributed by atoms with Gasteiger partial charge >= 0.3 is 0 Å². The molecule has 1 aromatic heterocycles. The summed E-state index contributed by atoms with van der Waals surface area (Å²) < 4.78 is 46.9. The van der Waals surface area contributed by atoms with Gasteiger partial charge in [-0.2, -0.15) is 5.10 Å². The lowest BCUT2D eigenvalue weighted by molar-refractivity contribution is 0.600. The Kier molecular flexibility index (Phi) is 4.73. The Labute approximate surface area is 137 Å². The van der Waals surface area contributed by atoms with Gasteiger partial charge in [-0.15, -0.1) is 11.3 Å². The molecule has 0 fully saturated rings. The van der Waals surface area contributed by atoms with Gasteiger partial charge in [0.2, 0.25) is 5.13 Å². The van der Waals surface area contributed by atoms with Crippen LogP contribution in [0, 0.1) is 0 Å². The van der Waals surface area contributed by atoms with Gasteiger partial charge < -0.3 is 5.73 Å². The number of nitrogens with one attached hydrogen (secondary N) is 1. The van der Waals surface area contributed by atoms with E-state index < -0.39 is 19.7 Å². The van der Waals surface area contributed by atoms with Crippen LogP contribution >= 0.6 is 11.3 Å². The number of aromatic nitrogens is 1. The van der Waals surface area contributed by atoms with Gasteiger partial charge in [-0.25, -0.2) is 21.8 Å². The number of hydrazone groups is 1. The quantitative estimate of drug-likeness (QED) is 0.589. The maximum Gasteiger partial charge on any atom is 0.205 e. The summed E-state index contributed by atoms with van der Waals surface area (Å²) in [5.41, 5.74) is 8.35. The Morgan fingerprint density at radius 1 is 1.22 bits per heavy atom. The van der Waals surface area contributed by atoms with E-state index in [1.165, 1.54) is 29.7 Å². The summed E-state index contributed by atoms with van der Waals surface area (Å²) in [4.78, 5) is 3.74. The molecular weight excluding hydrogens is 360 g/mol. The minimum absolute atomic E-state index is 0.0734. The van der Waals surface area contributed by atoms with Crippen LogP contribution in [-0.4, -0.2) is 40.5 Å². The number of hydrogen-bond acceptors (Lipinski definition) is 9. The van der Waals surface area contributed by atoms with Crippen molar-refractivity contribution in [3.63, 3.8) is 0 Å². The van der Waals surface area contributed by atoms with E-state index in [-0.39, 0.29) is 15.4 Å². The topological polar surface area (TPSA) is 132 Å². The second-order valence-electron chi connectivity index (χ2n) is 4.69. The Morgan fingerprint density at radius 2 is 1.91 bits per heavy atom. The predicted molar refractivity (Wildman–Crippen MR) is 90.4 cm³/mol. The molecule has 0 amide bonds. The Bertz CT molecular complexity index is 962. The number of nitrogens with two attached hydrogens (primary N) is 1. The van der Waals surface area contributed by atoms with Crippen LogP contribution in [0.2, 0.25) is 0 Å². The van der Waals surface area contributed by atoms with Gasteiger partial charge in [-0.05, 0) is 12.1 Å². The lowest BCUT2D eigenvalue weighted by atomic mass is 10.2. The summed E-state index contributed by atoms with van der Waals surface area (Å²) in [6.45, 7) is 0. The Balaban J connectivity index is 2.38. The van der Waals surface area contributed by atoms with E-state index >= 15 is 0 Å². The summed E-state index contributed by atoms with van der Waals surface area (Å²) in [6, 6.07) is 3.83. The molecule has 0 unspecified atom stereocenters. The summed E-state index contributed by atoms with van der Waals surface area (Å²) in [5, 5.41) is 5.97. The van der Waals surface area contributed by atoms with Gasteiger partial charge in [0.1, 0.15) is 5.82 Å². The molecule has 23 heavy (non-hydrogen) atoms. The highest BCUT2D eigenvalue weighted by Gasteiger charge is 2.17. The fourth-order valence-corrected chi connectivity index (χ4v) is 3.83. The van der Waals surface area contributed by atoms with Crippen LogP contribution in [0.4, 0.5) is 10.9 Å². The number of anilines is 2. The molecule has 0 aliphatic heterocycles. The minimum Gasteiger partial charge on any atom is -0.383 e. The zero-order valence-electron chi connectivity index (χ0n) is 12.2. The second-order valence-corrected chi connectivity index (χ2v) is 9.55. The van der Waals surface area contributed by atoms with Crippen molar-refractivity contribution in [3.05, 3.63) is 29.1 Å². The second kappa shape index (κ2) is 6.26. The van der Waals surface area contributed by atoms with Crippen LogP contribution in [0.3, 0.4) is 0 Å². The number of nitrogen functional groups attached to an aromatic ring is 1. The van der Waals surface area contributed by atoms with Crippen molar-refractivity contribution in [2.75, 3.05) is 23.7 Å². The average Bonchev–Trinajstić information content (AvgIpc) is 2.82. The lowest BCUT2D eigenvalue weighted by Gasteiger charge is -2.06. The van der Waals surface area contributed by atoms with E-state index in [4.69, 9.17) is 5.73 Å². The number of sulfone groups is 2. The van der Waals surface area contributed by atoms with Crippen molar-refractivity contribution in [2.24, 2.45) is 5.10 Å². The van der Waals surface area contributed by atoms with Crippen LogP contribution < -0.4 is 11.2 Å². The third kappa shape index (κ3) is 4.50. The van der Waals surface area contributed by atoms with Crippen LogP contribution in [0.15, 0.2) is 38.5 Å². The molecule has 11 heteroatoms. The Morgan fingerprint density at radius 3 is 2.43 bits per heavy atom. The first-order valence-electron chi connectivity index (χ1n) is 6.11. The number of benzene rings is 1. The summed E-state index contributed by atoms with van der Waals surface area (Å²) >= 11 is 1.24. The van der Waals surface area contributed by atoms with E-state index in [1.807, 2.05) is 0 Å². The lowest BCUT2D eigenvalue weighted by Crippen LogP contribution is -2.06. The van der Waals surface area contributed by atoms with Gasteiger partial charge in [0.05, 0.1) is 16.0 Å². The van der Waals surface area contributed by atoms with Gasteiger partial charge in [0.15, 0.2) is 19.7 Å². The zero-order chi connectivity index (χ0) is 17.3. The zero-order valence-corrected chi connectivity index (χ0v) is 14.7. The molecule has 0 saturated carbocycles. The molecule has 0 saturated heterocycles. The van der Waals surface area contributed by atoms with E-state index in [0.29, 0.717) is 10.9 Å². The predicted octanol–water partition coefficient (Wildman–Crippen LogP) is 0.978. The standard InChI is InChI=1S/C12H14N4O4S3/c1-22(17,18)9-4-3-8(10(5-9)23(2,19)20)6-14-16-12-15-11(13)7-21-12/h3-7H,13H2,1-2H3,(H,15,16). The van der Waals surface area contributed by atoms with Gasteiger partial charge in [-0.1, -0.05) is 6.07 Å². The first-order valence-corrected chi connectivity index (χ1v) is 10.8. The van der Waals surface area contributed by atoms with E-state index in [1.54, 1.807) is 5.38 Å². The summed E-state index contributed by atoms with van der Waals surface area (Å²) in [6.07, 6.45) is 3.29. The highest BCUT2D eigenvalue weighted by Crippen LogP contribution is 2.20. The van der Waals surface area contributed by atoms with Crippen molar-refractivity contribution in [2.45, 2.75) is 9.79 Å². The molecule has 0 radical (unpaired) electrons. The first kappa shape index (κ1) is 17.4. The molecule has 0 aliphatic carbocycles. The minimum atomic E-state index is -3.62. The normalized spacial score (nSPS) is 12.6. The van der Waals surface area contributed by atoms with Crippen LogP contribution in [-0.2, 0) is 19.7 Å². The number of thiazole rings is 1. The van der Waals surface area contributed by atoms with E-state index in [9.17, 15) is 16.8 Å². The summed E-state index contributed by atoms with van der Waals surface area (Å²) in [5.74, 6) is 0.349. The maximum absolute atomic E-state index is 11.9. The molecule has 0 spiro atoms. The van der Waals surface area contributed by atoms with Crippen molar-refractivity contribution in [3.8, 4) is 0 Å². The third-order valence-electron chi connectivity index (χ3n) is 2.70. The molecule has 0 bridgehead atoms. The first-order chi connectivity index (χ1) is 10.6. The number of hydrogen-bond donors (Lipinski definition) is 2. The monoisotopic (exact) mass is 374 g/mol. The molecule has 124 valence electrons. The summed E-state index contributed by atoms with van der Waals surface area (Å²) in [7, 11) is -7.13. The maximum atomic E-state index is 11.9. The molecule has 0 aliphatic rings. The third-order valence-corrected chi connectivity index (χ3v) is 5.73. The van der Waals surface area contributed by atoms with Crippen LogP contribution in [0.1, 0.15) is 5.56 Å². The van der Waals surface area contributed by atoms with Crippen molar-refractivity contribution >= 4 is 48.2 Å². The fourth-order valence-electron chi connectivity index (χ4n) is 1.67. The number of nitrogens with zero attached hydrogens (tertiary/aromatic N) is 2. The SMILES string of the molecule is CS(=O)(=O)c1ccc(C=NNc2nc(N)cs2)c(S(C)(=O)=O)c1. The van der Waals surface area contributed by atoms with Crippen LogP contribution in [0.5, 0.6) is 0 Å². The van der Waals surface area contributed by atoms with Crippen molar-refractivity contribution < 1.29 is 16.8 Å². The molecule has 1 heterocycles. The Hall–Kier alpha value is -1.98. The molecule has 2 rings (SSSR count). The smallest absolute Gasteiger partial charge is 0.205 e. The highest BCUT2D eigenvalue weighted by molar-refractivity contribution is 7.91. The van der Waals surface area contributed by atoms with Gasteiger partial charge in [0.25, 0.3) is 0 Å². The van der Waals surface area contributed by atoms with Crippen molar-refractivity contribution in [1.82, 2.24) is 4.98 Å². The molecular formula is C12H14N4O4S3. The number of rotatable bonds is 5. The molecule has 8 nitrogen and oxygen atoms in total.